The normalized spacial score (nSPS) is 13.6. The summed E-state index contributed by atoms with van der Waals surface area (Å²) in [5.41, 5.74) is 0.242. The molecule has 0 fully saturated rings. The Balaban J connectivity index is 3.09. The molecule has 0 heterocycles. The third kappa shape index (κ3) is 5.65. The maximum atomic E-state index is 12.3. The van der Waals surface area contributed by atoms with E-state index >= 15 is 0 Å². The lowest BCUT2D eigenvalue weighted by molar-refractivity contribution is 0.402. The molecule has 8 nitrogen and oxygen atoms in total. The molecule has 0 saturated carbocycles. The van der Waals surface area contributed by atoms with E-state index in [1.165, 1.54) is 32.2 Å². The highest BCUT2D eigenvalue weighted by Gasteiger charge is 2.21. The summed E-state index contributed by atoms with van der Waals surface area (Å²) in [6.07, 6.45) is 0. The molecule has 10 heteroatoms. The van der Waals surface area contributed by atoms with Gasteiger partial charge < -0.3 is 10.1 Å². The quantitative estimate of drug-likeness (QED) is 0.582. The summed E-state index contributed by atoms with van der Waals surface area (Å²) in [6.45, 7) is 3.56. The highest BCUT2D eigenvalue weighted by molar-refractivity contribution is 7.92. The highest BCUT2D eigenvalue weighted by Crippen LogP contribution is 2.27. The fraction of sp³-hybridized carbons (Fsp3) is 0.538. The van der Waals surface area contributed by atoms with Gasteiger partial charge in [-0.3, -0.25) is 4.72 Å². The average Bonchev–Trinajstić information content (AvgIpc) is 2.51. The van der Waals surface area contributed by atoms with Gasteiger partial charge in [-0.2, -0.15) is 0 Å². The van der Waals surface area contributed by atoms with Crippen molar-refractivity contribution in [2.45, 2.75) is 24.8 Å². The minimum Gasteiger partial charge on any atom is -0.495 e. The van der Waals surface area contributed by atoms with Crippen LogP contribution in [0.3, 0.4) is 0 Å². The predicted octanol–water partition coefficient (Wildman–Crippen LogP) is 0.343. The molecule has 23 heavy (non-hydrogen) atoms. The van der Waals surface area contributed by atoms with Crippen molar-refractivity contribution < 1.29 is 21.6 Å². The van der Waals surface area contributed by atoms with Crippen molar-refractivity contribution in [1.82, 2.24) is 10.0 Å². The number of likely N-dealkylation sites (N-methyl/N-ethyl adjacent to an activating group) is 1. The first kappa shape index (κ1) is 19.7. The van der Waals surface area contributed by atoms with Gasteiger partial charge in [0.15, 0.2) is 0 Å². The summed E-state index contributed by atoms with van der Waals surface area (Å²) >= 11 is 0. The topological polar surface area (TPSA) is 114 Å². The Hall–Kier alpha value is -1.36. The first-order chi connectivity index (χ1) is 10.6. The van der Waals surface area contributed by atoms with Crippen LogP contribution in [0.1, 0.15) is 13.8 Å². The van der Waals surface area contributed by atoms with Crippen molar-refractivity contribution in [2.75, 3.05) is 31.2 Å². The summed E-state index contributed by atoms with van der Waals surface area (Å²) in [4.78, 5) is -0.0530. The SMILES string of the molecule is CCS(=O)(=O)Nc1ccc(S(=O)(=O)NCC(C)NC)c(OC)c1. The standard InChI is InChI=1S/C13H23N3O5S2/c1-5-22(17,18)16-11-6-7-13(12(8-11)21-4)23(19,20)15-9-10(2)14-3/h6-8,10,14-16H,5,9H2,1-4H3. The van der Waals surface area contributed by atoms with E-state index in [1.54, 1.807) is 7.05 Å². The molecular formula is C13H23N3O5S2. The molecule has 0 aliphatic carbocycles. The molecule has 0 saturated heterocycles. The van der Waals surface area contributed by atoms with Crippen molar-refractivity contribution >= 4 is 25.7 Å². The molecule has 0 aliphatic rings. The summed E-state index contributed by atoms with van der Waals surface area (Å²) in [5.74, 6) is -0.0235. The first-order valence-electron chi connectivity index (χ1n) is 7.00. The Morgan fingerprint density at radius 3 is 2.39 bits per heavy atom. The third-order valence-electron chi connectivity index (χ3n) is 3.18. The molecule has 3 N–H and O–H groups in total. The van der Waals surface area contributed by atoms with Crippen molar-refractivity contribution in [3.05, 3.63) is 18.2 Å². The van der Waals surface area contributed by atoms with Crippen LogP contribution < -0.4 is 19.5 Å². The van der Waals surface area contributed by atoms with Gasteiger partial charge >= 0.3 is 0 Å². The number of nitrogens with one attached hydrogen (secondary N) is 3. The lowest BCUT2D eigenvalue weighted by Gasteiger charge is -2.15. The van der Waals surface area contributed by atoms with Crippen LogP contribution in [-0.4, -0.2) is 49.3 Å². The molecular weight excluding hydrogens is 342 g/mol. The van der Waals surface area contributed by atoms with E-state index in [2.05, 4.69) is 14.8 Å². The van der Waals surface area contributed by atoms with Gasteiger partial charge in [-0.1, -0.05) is 0 Å². The zero-order chi connectivity index (χ0) is 17.7. The van der Waals surface area contributed by atoms with Gasteiger partial charge in [0.1, 0.15) is 10.6 Å². The summed E-state index contributed by atoms with van der Waals surface area (Å²) in [6, 6.07) is 3.99. The Morgan fingerprint density at radius 1 is 1.22 bits per heavy atom. The zero-order valence-electron chi connectivity index (χ0n) is 13.6. The second-order valence-electron chi connectivity index (χ2n) is 4.91. The van der Waals surface area contributed by atoms with Gasteiger partial charge in [-0.15, -0.1) is 0 Å². The molecule has 1 aromatic rings. The molecule has 1 atom stereocenters. The zero-order valence-corrected chi connectivity index (χ0v) is 15.2. The number of ether oxygens (including phenoxy) is 1. The van der Waals surface area contributed by atoms with Crippen LogP contribution in [0.2, 0.25) is 0 Å². The Kier molecular flexibility index (Phi) is 6.81. The van der Waals surface area contributed by atoms with Crippen molar-refractivity contribution in [2.24, 2.45) is 0 Å². The van der Waals surface area contributed by atoms with Gasteiger partial charge in [0.25, 0.3) is 0 Å². The van der Waals surface area contributed by atoms with Crippen LogP contribution in [0.4, 0.5) is 5.69 Å². The van der Waals surface area contributed by atoms with Gasteiger partial charge in [0.2, 0.25) is 20.0 Å². The third-order valence-corrected chi connectivity index (χ3v) is 5.95. The van der Waals surface area contributed by atoms with Crippen LogP contribution in [0, 0.1) is 0 Å². The van der Waals surface area contributed by atoms with Crippen LogP contribution in [0.15, 0.2) is 23.1 Å². The molecule has 0 aliphatic heterocycles. The lowest BCUT2D eigenvalue weighted by atomic mass is 10.3. The van der Waals surface area contributed by atoms with E-state index in [9.17, 15) is 16.8 Å². The van der Waals surface area contributed by atoms with E-state index in [4.69, 9.17) is 4.74 Å². The molecule has 132 valence electrons. The molecule has 0 aromatic heterocycles. The molecule has 1 unspecified atom stereocenters. The number of methoxy groups -OCH3 is 1. The van der Waals surface area contributed by atoms with Crippen LogP contribution in [0.5, 0.6) is 5.75 Å². The first-order valence-corrected chi connectivity index (χ1v) is 10.1. The van der Waals surface area contributed by atoms with Crippen LogP contribution in [0.25, 0.3) is 0 Å². The number of hydrogen-bond donors (Lipinski definition) is 3. The number of hydrogen-bond acceptors (Lipinski definition) is 6. The average molecular weight is 365 g/mol. The van der Waals surface area contributed by atoms with E-state index < -0.39 is 20.0 Å². The molecule has 0 bridgehead atoms. The molecule has 0 spiro atoms. The summed E-state index contributed by atoms with van der Waals surface area (Å²) in [7, 11) is -4.16. The maximum absolute atomic E-state index is 12.3. The van der Waals surface area contributed by atoms with Crippen LogP contribution >= 0.6 is 0 Å². The molecule has 0 radical (unpaired) electrons. The number of anilines is 1. The largest absolute Gasteiger partial charge is 0.495 e. The number of sulfonamides is 2. The summed E-state index contributed by atoms with van der Waals surface area (Å²) < 4.78 is 57.7. The summed E-state index contributed by atoms with van der Waals surface area (Å²) in [5, 5.41) is 2.92. The van der Waals surface area contributed by atoms with Crippen molar-refractivity contribution in [3.63, 3.8) is 0 Å². The Bertz CT molecular complexity index is 732. The molecule has 1 aromatic carbocycles. The van der Waals surface area contributed by atoms with Crippen molar-refractivity contribution in [3.8, 4) is 5.75 Å². The fourth-order valence-electron chi connectivity index (χ4n) is 1.62. The number of rotatable bonds is 9. The van der Waals surface area contributed by atoms with Crippen LogP contribution in [-0.2, 0) is 20.0 Å². The van der Waals surface area contributed by atoms with Crippen molar-refractivity contribution in [1.29, 1.82) is 0 Å². The van der Waals surface area contributed by atoms with E-state index in [1.807, 2.05) is 6.92 Å². The Labute approximate surface area is 137 Å². The fourth-order valence-corrected chi connectivity index (χ4v) is 3.53. The molecule has 0 amide bonds. The minimum atomic E-state index is -3.77. The lowest BCUT2D eigenvalue weighted by Crippen LogP contribution is -2.37. The van der Waals surface area contributed by atoms with Gasteiger partial charge in [-0.05, 0) is 33.0 Å². The van der Waals surface area contributed by atoms with E-state index in [0.717, 1.165) is 0 Å². The Morgan fingerprint density at radius 2 is 1.87 bits per heavy atom. The van der Waals surface area contributed by atoms with E-state index in [-0.39, 0.29) is 34.7 Å². The highest BCUT2D eigenvalue weighted by atomic mass is 32.2. The predicted molar refractivity (Wildman–Crippen MR) is 89.8 cm³/mol. The maximum Gasteiger partial charge on any atom is 0.244 e. The number of benzene rings is 1. The van der Waals surface area contributed by atoms with Gasteiger partial charge in [0.05, 0.1) is 18.6 Å². The monoisotopic (exact) mass is 365 g/mol. The molecule has 1 rings (SSSR count). The second-order valence-corrected chi connectivity index (χ2v) is 8.66. The minimum absolute atomic E-state index is 0.0357. The smallest absolute Gasteiger partial charge is 0.244 e. The van der Waals surface area contributed by atoms with Gasteiger partial charge in [-0.25, -0.2) is 21.6 Å². The van der Waals surface area contributed by atoms with Gasteiger partial charge in [0, 0.05) is 18.7 Å². The second kappa shape index (κ2) is 7.95. The van der Waals surface area contributed by atoms with E-state index in [0.29, 0.717) is 0 Å².